The number of imidazole rings is 1. The van der Waals surface area contributed by atoms with Gasteiger partial charge in [0.2, 0.25) is 0 Å². The van der Waals surface area contributed by atoms with Gasteiger partial charge in [-0.15, -0.1) is 0 Å². The molecule has 2 aliphatic heterocycles. The summed E-state index contributed by atoms with van der Waals surface area (Å²) in [6.45, 7) is 6.47. The Morgan fingerprint density at radius 2 is 2.14 bits per heavy atom. The van der Waals surface area contributed by atoms with Crippen molar-refractivity contribution in [1.29, 1.82) is 0 Å². The first-order chi connectivity index (χ1) is 13.9. The number of nitrogens with zero attached hydrogens (tertiary/aromatic N) is 4. The van der Waals surface area contributed by atoms with Gasteiger partial charge < -0.3 is 9.88 Å². The van der Waals surface area contributed by atoms with Crippen LogP contribution in [0.3, 0.4) is 0 Å². The van der Waals surface area contributed by atoms with Gasteiger partial charge in [-0.25, -0.2) is 4.98 Å². The molecule has 5 rings (SSSR count). The molecule has 0 radical (unpaired) electrons. The fraction of sp³-hybridized carbons (Fsp3) is 0.391. The fourth-order valence-corrected chi connectivity index (χ4v) is 5.23. The Hall–Kier alpha value is -3.02. The predicted octanol–water partition coefficient (Wildman–Crippen LogP) is 4.44. The number of hydrogen-bond donors (Lipinski definition) is 1. The van der Waals surface area contributed by atoms with E-state index in [-0.39, 0.29) is 17.4 Å². The number of hydrogen-bond acceptors (Lipinski definition) is 5. The summed E-state index contributed by atoms with van der Waals surface area (Å²) in [6.07, 6.45) is 9.32. The predicted molar refractivity (Wildman–Crippen MR) is 110 cm³/mol. The van der Waals surface area contributed by atoms with E-state index in [9.17, 15) is 4.79 Å². The maximum Gasteiger partial charge on any atom is 0.164 e. The van der Waals surface area contributed by atoms with Crippen LogP contribution in [0.5, 0.6) is 0 Å². The molecule has 6 heteroatoms. The summed E-state index contributed by atoms with van der Waals surface area (Å²) in [4.78, 5) is 17.7. The lowest BCUT2D eigenvalue weighted by Crippen LogP contribution is -2.51. The van der Waals surface area contributed by atoms with Crippen LogP contribution in [0.25, 0.3) is 5.69 Å². The van der Waals surface area contributed by atoms with Crippen molar-refractivity contribution in [2.24, 2.45) is 15.6 Å². The Balaban J connectivity index is 1.75. The number of rotatable bonds is 3. The molecule has 0 saturated carbocycles. The lowest BCUT2D eigenvalue weighted by atomic mass is 9.59. The number of benzene rings is 1. The van der Waals surface area contributed by atoms with E-state index >= 15 is 0 Å². The van der Waals surface area contributed by atoms with Crippen LogP contribution in [0.1, 0.15) is 45.6 Å². The minimum absolute atomic E-state index is 0.0575. The van der Waals surface area contributed by atoms with Crippen LogP contribution >= 0.6 is 0 Å². The van der Waals surface area contributed by atoms with Gasteiger partial charge in [-0.2, -0.15) is 10.2 Å². The van der Waals surface area contributed by atoms with Gasteiger partial charge in [0.1, 0.15) is 0 Å². The molecular formula is C23H25N5O. The Kier molecular flexibility index (Phi) is 3.88. The van der Waals surface area contributed by atoms with Gasteiger partial charge in [-0.05, 0) is 36.0 Å². The molecule has 1 aromatic heterocycles. The minimum atomic E-state index is -0.515. The van der Waals surface area contributed by atoms with Gasteiger partial charge in [0, 0.05) is 41.3 Å². The number of allylic oxidation sites excluding steroid dienone is 2. The number of fused-ring (bicyclic) bond motifs is 1. The Labute approximate surface area is 170 Å². The number of carbonyl (C=O) groups is 1. The third kappa shape index (κ3) is 2.62. The molecule has 2 aromatic rings. The van der Waals surface area contributed by atoms with Gasteiger partial charge in [0.25, 0.3) is 0 Å². The summed E-state index contributed by atoms with van der Waals surface area (Å²) in [5.74, 6) is 0.227. The quantitative estimate of drug-likeness (QED) is 0.846. The average molecular weight is 387 g/mol. The molecule has 0 amide bonds. The maximum absolute atomic E-state index is 13.5. The molecular weight excluding hydrogens is 362 g/mol. The highest BCUT2D eigenvalue weighted by molar-refractivity contribution is 6.01. The summed E-state index contributed by atoms with van der Waals surface area (Å²) >= 11 is 0. The smallest absolute Gasteiger partial charge is 0.164 e. The molecule has 1 aliphatic carbocycles. The zero-order valence-corrected chi connectivity index (χ0v) is 17.0. The zero-order chi connectivity index (χ0) is 20.2. The van der Waals surface area contributed by atoms with Crippen LogP contribution in [0.15, 0.2) is 76.3 Å². The van der Waals surface area contributed by atoms with Crippen LogP contribution in [-0.2, 0) is 10.2 Å². The molecule has 2 atom stereocenters. The molecule has 6 nitrogen and oxygen atoms in total. The Morgan fingerprint density at radius 1 is 1.28 bits per heavy atom. The molecule has 0 spiro atoms. The largest absolute Gasteiger partial charge is 0.362 e. The van der Waals surface area contributed by atoms with Crippen LogP contribution < -0.4 is 5.32 Å². The number of ketones is 1. The summed E-state index contributed by atoms with van der Waals surface area (Å²) < 4.78 is 1.99. The van der Waals surface area contributed by atoms with Crippen molar-refractivity contribution in [3.63, 3.8) is 0 Å². The van der Waals surface area contributed by atoms with Crippen molar-refractivity contribution in [3.8, 4) is 5.69 Å². The van der Waals surface area contributed by atoms with Gasteiger partial charge in [0.15, 0.2) is 11.9 Å². The van der Waals surface area contributed by atoms with E-state index in [1.165, 1.54) is 0 Å². The van der Waals surface area contributed by atoms with Crippen LogP contribution in [-0.4, -0.2) is 21.5 Å². The SMILES string of the molecule is CC[C@@]1(c2cccc(-n3ccnc3)c2)C2=CN=NC2NC2=C1C(=O)CC(C)(C)C2. The van der Waals surface area contributed by atoms with Crippen LogP contribution in [0, 0.1) is 5.41 Å². The molecule has 3 aliphatic rings. The average Bonchev–Trinajstić information content (AvgIpc) is 3.37. The van der Waals surface area contributed by atoms with Crippen molar-refractivity contribution in [2.45, 2.75) is 51.6 Å². The van der Waals surface area contributed by atoms with E-state index < -0.39 is 5.41 Å². The van der Waals surface area contributed by atoms with E-state index in [2.05, 4.69) is 65.6 Å². The molecule has 0 fully saturated rings. The molecule has 1 N–H and O–H groups in total. The van der Waals surface area contributed by atoms with Crippen molar-refractivity contribution in [2.75, 3.05) is 0 Å². The van der Waals surface area contributed by atoms with Crippen LogP contribution in [0.4, 0.5) is 0 Å². The van der Waals surface area contributed by atoms with E-state index in [4.69, 9.17) is 0 Å². The molecule has 0 saturated heterocycles. The third-order valence-corrected chi connectivity index (χ3v) is 6.45. The van der Waals surface area contributed by atoms with E-state index in [0.29, 0.717) is 6.42 Å². The highest BCUT2D eigenvalue weighted by atomic mass is 16.1. The van der Waals surface area contributed by atoms with Crippen molar-refractivity contribution >= 4 is 5.78 Å². The zero-order valence-electron chi connectivity index (χ0n) is 17.0. The minimum Gasteiger partial charge on any atom is -0.362 e. The first-order valence-electron chi connectivity index (χ1n) is 10.2. The van der Waals surface area contributed by atoms with E-state index in [0.717, 1.165) is 40.9 Å². The van der Waals surface area contributed by atoms with E-state index in [1.807, 2.05) is 17.0 Å². The lowest BCUT2D eigenvalue weighted by molar-refractivity contribution is -0.119. The number of aromatic nitrogens is 2. The standard InChI is InChI=1S/C23H25N5O/c1-4-23(15-6-5-7-16(10-15)28-9-8-24-14-28)17-13-25-27-21(17)26-18-11-22(2,3)12-19(29)20(18)23/h5-10,13-14,21,26H,4,11-12H2,1-3H3/t21?,23-/m1/s1. The second-order valence-electron chi connectivity index (χ2n) is 8.94. The van der Waals surface area contributed by atoms with Crippen LogP contribution in [0.2, 0.25) is 0 Å². The Morgan fingerprint density at radius 3 is 2.90 bits per heavy atom. The highest BCUT2D eigenvalue weighted by Gasteiger charge is 2.52. The Bertz CT molecular complexity index is 1080. The summed E-state index contributed by atoms with van der Waals surface area (Å²) in [7, 11) is 0. The van der Waals surface area contributed by atoms with Crippen molar-refractivity contribution < 1.29 is 4.79 Å². The van der Waals surface area contributed by atoms with Gasteiger partial charge in [-0.3, -0.25) is 4.79 Å². The second-order valence-corrected chi connectivity index (χ2v) is 8.94. The molecule has 1 aromatic carbocycles. The summed E-state index contributed by atoms with van der Waals surface area (Å²) in [5, 5.41) is 12.2. The topological polar surface area (TPSA) is 71.6 Å². The van der Waals surface area contributed by atoms with Gasteiger partial charge in [0.05, 0.1) is 17.9 Å². The van der Waals surface area contributed by atoms with Gasteiger partial charge in [-0.1, -0.05) is 32.9 Å². The van der Waals surface area contributed by atoms with Gasteiger partial charge >= 0.3 is 0 Å². The lowest BCUT2D eigenvalue weighted by Gasteiger charge is -2.47. The van der Waals surface area contributed by atoms with E-state index in [1.54, 1.807) is 12.5 Å². The first-order valence-corrected chi connectivity index (χ1v) is 10.2. The summed E-state index contributed by atoms with van der Waals surface area (Å²) in [5.41, 5.74) is 4.56. The second kappa shape index (κ2) is 6.24. The number of carbonyl (C=O) groups excluding carboxylic acids is 1. The number of nitrogens with one attached hydrogen (secondary N) is 1. The molecule has 0 bridgehead atoms. The van der Waals surface area contributed by atoms with Crippen molar-refractivity contribution in [1.82, 2.24) is 14.9 Å². The number of azo groups is 1. The molecule has 3 heterocycles. The molecule has 148 valence electrons. The summed E-state index contributed by atoms with van der Waals surface area (Å²) in [6, 6.07) is 8.42. The number of Topliss-reactive ketones (excluding diaryl/α,β-unsaturated/α-hetero) is 1. The highest BCUT2D eigenvalue weighted by Crippen LogP contribution is 2.53. The normalized spacial score (nSPS) is 27.3. The fourth-order valence-electron chi connectivity index (χ4n) is 5.23. The maximum atomic E-state index is 13.5. The van der Waals surface area contributed by atoms with Crippen molar-refractivity contribution in [3.05, 3.63) is 71.6 Å². The molecule has 29 heavy (non-hydrogen) atoms. The third-order valence-electron chi connectivity index (χ3n) is 6.45. The molecule has 1 unspecified atom stereocenters. The first kappa shape index (κ1) is 18.0. The monoisotopic (exact) mass is 387 g/mol.